The largest absolute Gasteiger partial charge is 0.381 e. The first-order valence-corrected chi connectivity index (χ1v) is 6.23. The Morgan fingerprint density at radius 1 is 1.27 bits per heavy atom. The Bertz CT molecular complexity index is 184. The van der Waals surface area contributed by atoms with Crippen LogP contribution in [-0.2, 0) is 9.47 Å². The maximum absolute atomic E-state index is 6.29. The van der Waals surface area contributed by atoms with Gasteiger partial charge in [-0.25, -0.2) is 0 Å². The standard InChI is InChI=1S/C12H23NO2/c13-12(5-2-1-3-6-12)10-15-9-11-4-7-14-8-11/h11H,1-10,13H2. The molecule has 3 nitrogen and oxygen atoms in total. The van der Waals surface area contributed by atoms with Crippen LogP contribution in [0.25, 0.3) is 0 Å². The van der Waals surface area contributed by atoms with E-state index in [1.165, 1.54) is 19.3 Å². The van der Waals surface area contributed by atoms with Crippen LogP contribution in [0, 0.1) is 5.92 Å². The fraction of sp³-hybridized carbons (Fsp3) is 1.00. The van der Waals surface area contributed by atoms with Gasteiger partial charge >= 0.3 is 0 Å². The number of hydrogen-bond acceptors (Lipinski definition) is 3. The summed E-state index contributed by atoms with van der Waals surface area (Å²) >= 11 is 0. The van der Waals surface area contributed by atoms with Crippen LogP contribution < -0.4 is 5.73 Å². The van der Waals surface area contributed by atoms with Crippen molar-refractivity contribution in [3.63, 3.8) is 0 Å². The van der Waals surface area contributed by atoms with E-state index in [0.29, 0.717) is 5.92 Å². The molecule has 15 heavy (non-hydrogen) atoms. The minimum atomic E-state index is -0.0300. The molecular formula is C12H23NO2. The lowest BCUT2D eigenvalue weighted by Gasteiger charge is -2.33. The lowest BCUT2D eigenvalue weighted by Crippen LogP contribution is -2.46. The topological polar surface area (TPSA) is 44.5 Å². The highest BCUT2D eigenvalue weighted by Crippen LogP contribution is 2.26. The Hall–Kier alpha value is -0.120. The second-order valence-electron chi connectivity index (χ2n) is 5.17. The molecule has 3 heteroatoms. The van der Waals surface area contributed by atoms with Crippen molar-refractivity contribution < 1.29 is 9.47 Å². The second kappa shape index (κ2) is 5.28. The molecule has 0 radical (unpaired) electrons. The normalized spacial score (nSPS) is 30.6. The van der Waals surface area contributed by atoms with Crippen molar-refractivity contribution in [2.75, 3.05) is 26.4 Å². The fourth-order valence-corrected chi connectivity index (χ4v) is 2.54. The van der Waals surface area contributed by atoms with Crippen molar-refractivity contribution in [2.24, 2.45) is 11.7 Å². The molecule has 2 fully saturated rings. The van der Waals surface area contributed by atoms with E-state index < -0.39 is 0 Å². The van der Waals surface area contributed by atoms with Crippen molar-refractivity contribution in [1.29, 1.82) is 0 Å². The van der Waals surface area contributed by atoms with Crippen molar-refractivity contribution in [3.8, 4) is 0 Å². The third-order valence-electron chi connectivity index (χ3n) is 3.62. The molecule has 1 aliphatic carbocycles. The van der Waals surface area contributed by atoms with Crippen LogP contribution in [0.15, 0.2) is 0 Å². The molecule has 0 amide bonds. The van der Waals surface area contributed by atoms with E-state index in [-0.39, 0.29) is 5.54 Å². The predicted molar refractivity (Wildman–Crippen MR) is 59.7 cm³/mol. The summed E-state index contributed by atoms with van der Waals surface area (Å²) in [5.74, 6) is 0.609. The number of hydrogen-bond donors (Lipinski definition) is 1. The predicted octanol–water partition coefficient (Wildman–Crippen LogP) is 1.70. The highest BCUT2D eigenvalue weighted by molar-refractivity contribution is 4.87. The Balaban J connectivity index is 1.63. The van der Waals surface area contributed by atoms with Gasteiger partial charge in [-0.3, -0.25) is 0 Å². The summed E-state index contributed by atoms with van der Waals surface area (Å²) in [5, 5.41) is 0. The number of rotatable bonds is 4. The highest BCUT2D eigenvalue weighted by atomic mass is 16.5. The third-order valence-corrected chi connectivity index (χ3v) is 3.62. The summed E-state index contributed by atoms with van der Waals surface area (Å²) in [6.07, 6.45) is 7.30. The molecule has 0 aromatic carbocycles. The van der Waals surface area contributed by atoms with Gasteiger partial charge in [0, 0.05) is 18.1 Å². The molecule has 2 N–H and O–H groups in total. The van der Waals surface area contributed by atoms with E-state index >= 15 is 0 Å². The zero-order valence-electron chi connectivity index (χ0n) is 9.54. The second-order valence-corrected chi connectivity index (χ2v) is 5.17. The highest BCUT2D eigenvalue weighted by Gasteiger charge is 2.28. The molecule has 2 rings (SSSR count). The minimum Gasteiger partial charge on any atom is -0.381 e. The summed E-state index contributed by atoms with van der Waals surface area (Å²) in [4.78, 5) is 0. The molecule has 88 valence electrons. The summed E-state index contributed by atoms with van der Waals surface area (Å²) in [6, 6.07) is 0. The van der Waals surface area contributed by atoms with Gasteiger partial charge < -0.3 is 15.2 Å². The van der Waals surface area contributed by atoms with Crippen molar-refractivity contribution in [3.05, 3.63) is 0 Å². The Morgan fingerprint density at radius 2 is 2.07 bits per heavy atom. The van der Waals surface area contributed by atoms with Gasteiger partial charge in [-0.15, -0.1) is 0 Å². The van der Waals surface area contributed by atoms with Gasteiger partial charge in [-0.2, -0.15) is 0 Å². The number of nitrogens with two attached hydrogens (primary N) is 1. The fourth-order valence-electron chi connectivity index (χ4n) is 2.54. The SMILES string of the molecule is NC1(COCC2CCOC2)CCCCC1. The molecular weight excluding hydrogens is 190 g/mol. The van der Waals surface area contributed by atoms with Crippen LogP contribution >= 0.6 is 0 Å². The summed E-state index contributed by atoms with van der Waals surface area (Å²) in [5.41, 5.74) is 6.26. The quantitative estimate of drug-likeness (QED) is 0.773. The van der Waals surface area contributed by atoms with Crippen molar-refractivity contribution in [2.45, 2.75) is 44.1 Å². The van der Waals surface area contributed by atoms with E-state index in [4.69, 9.17) is 15.2 Å². The first-order chi connectivity index (χ1) is 7.29. The van der Waals surface area contributed by atoms with Gasteiger partial charge in [0.25, 0.3) is 0 Å². The van der Waals surface area contributed by atoms with Crippen LogP contribution in [0.1, 0.15) is 38.5 Å². The van der Waals surface area contributed by atoms with Crippen LogP contribution in [0.4, 0.5) is 0 Å². The van der Waals surface area contributed by atoms with E-state index in [9.17, 15) is 0 Å². The van der Waals surface area contributed by atoms with Gasteiger partial charge in [0.05, 0.1) is 19.8 Å². The van der Waals surface area contributed by atoms with E-state index in [1.807, 2.05) is 0 Å². The van der Waals surface area contributed by atoms with Crippen LogP contribution in [0.5, 0.6) is 0 Å². The van der Waals surface area contributed by atoms with Gasteiger partial charge in [0.1, 0.15) is 0 Å². The molecule has 1 heterocycles. The van der Waals surface area contributed by atoms with Gasteiger partial charge in [-0.05, 0) is 19.3 Å². The monoisotopic (exact) mass is 213 g/mol. The average Bonchev–Trinajstić information content (AvgIpc) is 2.71. The lowest BCUT2D eigenvalue weighted by molar-refractivity contribution is 0.0429. The molecule has 0 aromatic rings. The van der Waals surface area contributed by atoms with Gasteiger partial charge in [0.15, 0.2) is 0 Å². The third kappa shape index (κ3) is 3.44. The lowest BCUT2D eigenvalue weighted by atomic mass is 9.83. The molecule has 1 aliphatic heterocycles. The summed E-state index contributed by atoms with van der Waals surface area (Å²) in [7, 11) is 0. The zero-order chi connectivity index (χ0) is 10.6. The van der Waals surface area contributed by atoms with Crippen LogP contribution in [0.2, 0.25) is 0 Å². The molecule has 1 saturated heterocycles. The van der Waals surface area contributed by atoms with Crippen LogP contribution in [-0.4, -0.2) is 32.0 Å². The maximum atomic E-state index is 6.29. The molecule has 1 saturated carbocycles. The smallest absolute Gasteiger partial charge is 0.0646 e. The first-order valence-electron chi connectivity index (χ1n) is 6.23. The van der Waals surface area contributed by atoms with E-state index in [0.717, 1.165) is 45.7 Å². The average molecular weight is 213 g/mol. The molecule has 0 bridgehead atoms. The van der Waals surface area contributed by atoms with Gasteiger partial charge in [0.2, 0.25) is 0 Å². The van der Waals surface area contributed by atoms with Crippen molar-refractivity contribution >= 4 is 0 Å². The molecule has 2 aliphatic rings. The van der Waals surface area contributed by atoms with Gasteiger partial charge in [-0.1, -0.05) is 19.3 Å². The molecule has 0 spiro atoms. The minimum absolute atomic E-state index is 0.0300. The van der Waals surface area contributed by atoms with E-state index in [2.05, 4.69) is 0 Å². The molecule has 0 aromatic heterocycles. The zero-order valence-corrected chi connectivity index (χ0v) is 9.54. The maximum Gasteiger partial charge on any atom is 0.0646 e. The Morgan fingerprint density at radius 3 is 2.73 bits per heavy atom. The molecule has 1 unspecified atom stereocenters. The van der Waals surface area contributed by atoms with Crippen LogP contribution in [0.3, 0.4) is 0 Å². The van der Waals surface area contributed by atoms with Crippen molar-refractivity contribution in [1.82, 2.24) is 0 Å². The molecule has 1 atom stereocenters. The Labute approximate surface area is 92.3 Å². The number of ether oxygens (including phenoxy) is 2. The van der Waals surface area contributed by atoms with E-state index in [1.54, 1.807) is 0 Å². The Kier molecular flexibility index (Phi) is 4.00. The first kappa shape index (κ1) is 11.4. The summed E-state index contributed by atoms with van der Waals surface area (Å²) in [6.45, 7) is 3.35. The summed E-state index contributed by atoms with van der Waals surface area (Å²) < 4.78 is 11.1.